The van der Waals surface area contributed by atoms with Crippen LogP contribution in [0.1, 0.15) is 18.1 Å². The molecule has 1 N–H and O–H groups in total. The Morgan fingerprint density at radius 3 is 2.47 bits per heavy atom. The molecule has 2 heterocycles. The zero-order valence-electron chi connectivity index (χ0n) is 19.1. The number of ether oxygens (including phenoxy) is 1. The maximum absolute atomic E-state index is 12.9. The number of hydrogen-bond donors (Lipinski definition) is 1. The first kappa shape index (κ1) is 23.8. The highest BCUT2D eigenvalue weighted by Crippen LogP contribution is 2.21. The van der Waals surface area contributed by atoms with Gasteiger partial charge in [0.2, 0.25) is 10.0 Å². The molecule has 9 nitrogen and oxygen atoms in total. The van der Waals surface area contributed by atoms with Crippen molar-refractivity contribution in [1.29, 1.82) is 0 Å². The van der Waals surface area contributed by atoms with Crippen LogP contribution in [-0.4, -0.2) is 66.0 Å². The van der Waals surface area contributed by atoms with Gasteiger partial charge in [-0.3, -0.25) is 0 Å². The van der Waals surface area contributed by atoms with E-state index in [0.717, 1.165) is 11.1 Å². The number of carbonyl (C=O) groups is 1. The van der Waals surface area contributed by atoms with Crippen LogP contribution in [0, 0.1) is 0 Å². The largest absolute Gasteiger partial charge is 0.494 e. The van der Waals surface area contributed by atoms with Crippen LogP contribution in [0.4, 0.5) is 4.79 Å². The summed E-state index contributed by atoms with van der Waals surface area (Å²) < 4.78 is 34.7. The molecule has 0 saturated carbocycles. The highest BCUT2D eigenvalue weighted by atomic mass is 32.2. The van der Waals surface area contributed by atoms with Gasteiger partial charge in [-0.15, -0.1) is 0 Å². The summed E-state index contributed by atoms with van der Waals surface area (Å²) in [6.07, 6.45) is 5.42. The van der Waals surface area contributed by atoms with Gasteiger partial charge in [0.25, 0.3) is 0 Å². The first-order valence-corrected chi connectivity index (χ1v) is 12.7. The third-order valence-electron chi connectivity index (χ3n) is 5.66. The fourth-order valence-corrected chi connectivity index (χ4v) is 5.30. The van der Waals surface area contributed by atoms with Crippen LogP contribution in [0.3, 0.4) is 0 Å². The van der Waals surface area contributed by atoms with Gasteiger partial charge in [0.05, 0.1) is 17.8 Å². The second kappa shape index (κ2) is 10.7. The van der Waals surface area contributed by atoms with E-state index in [9.17, 15) is 13.2 Å². The van der Waals surface area contributed by atoms with E-state index in [1.807, 2.05) is 35.9 Å². The lowest BCUT2D eigenvalue weighted by Crippen LogP contribution is -2.52. The first-order chi connectivity index (χ1) is 16.5. The van der Waals surface area contributed by atoms with Gasteiger partial charge >= 0.3 is 6.03 Å². The minimum atomic E-state index is -3.61. The molecule has 1 aliphatic rings. The second-order valence-corrected chi connectivity index (χ2v) is 9.95. The lowest BCUT2D eigenvalue weighted by Gasteiger charge is -2.34. The summed E-state index contributed by atoms with van der Waals surface area (Å²) in [4.78, 5) is 18.6. The molecule has 34 heavy (non-hydrogen) atoms. The third kappa shape index (κ3) is 5.75. The number of benzene rings is 2. The Labute approximate surface area is 200 Å². The van der Waals surface area contributed by atoms with Gasteiger partial charge in [0.15, 0.2) is 0 Å². The summed E-state index contributed by atoms with van der Waals surface area (Å²) in [7, 11) is -3.61. The van der Waals surface area contributed by atoms with Crippen LogP contribution in [0.2, 0.25) is 0 Å². The molecule has 1 aromatic heterocycles. The standard InChI is InChI=1S/C24H29N5O4S/c1-2-33-22-6-8-23(9-7-22)34(31,32)29-14-12-28(13-15-29)24(30)26-17-20-4-3-5-21(16-20)18-27-11-10-25-19-27/h3-11,16,19H,2,12-15,17-18H2,1H3,(H,26,30). The van der Waals surface area contributed by atoms with E-state index >= 15 is 0 Å². The van der Waals surface area contributed by atoms with Crippen molar-refractivity contribution in [2.45, 2.75) is 24.9 Å². The molecule has 0 spiro atoms. The molecule has 0 aliphatic carbocycles. The molecule has 2 amide bonds. The highest BCUT2D eigenvalue weighted by molar-refractivity contribution is 7.89. The average molecular weight is 484 g/mol. The number of nitrogens with zero attached hydrogens (tertiary/aromatic N) is 4. The molecule has 1 saturated heterocycles. The van der Waals surface area contributed by atoms with Crippen LogP contribution in [0.15, 0.2) is 72.1 Å². The number of hydrogen-bond acceptors (Lipinski definition) is 5. The number of nitrogens with one attached hydrogen (secondary N) is 1. The van der Waals surface area contributed by atoms with E-state index in [-0.39, 0.29) is 24.0 Å². The SMILES string of the molecule is CCOc1ccc(S(=O)(=O)N2CCN(C(=O)NCc3cccc(Cn4ccnc4)c3)CC2)cc1. The Balaban J connectivity index is 1.28. The molecule has 0 atom stereocenters. The molecular weight excluding hydrogens is 454 g/mol. The van der Waals surface area contributed by atoms with Crippen molar-refractivity contribution < 1.29 is 17.9 Å². The summed E-state index contributed by atoms with van der Waals surface area (Å²) in [6.45, 7) is 4.69. The van der Waals surface area contributed by atoms with Crippen molar-refractivity contribution in [2.24, 2.45) is 0 Å². The van der Waals surface area contributed by atoms with Crippen molar-refractivity contribution in [2.75, 3.05) is 32.8 Å². The predicted octanol–water partition coefficient (Wildman–Crippen LogP) is 2.55. The molecular formula is C24H29N5O4S. The molecule has 1 fully saturated rings. The highest BCUT2D eigenvalue weighted by Gasteiger charge is 2.30. The maximum atomic E-state index is 12.9. The summed E-state index contributed by atoms with van der Waals surface area (Å²) in [6, 6.07) is 14.3. The van der Waals surface area contributed by atoms with Crippen LogP contribution >= 0.6 is 0 Å². The molecule has 0 bridgehead atoms. The van der Waals surface area contributed by atoms with E-state index in [1.54, 1.807) is 41.7 Å². The van der Waals surface area contributed by atoms with E-state index in [1.165, 1.54) is 4.31 Å². The quantitative estimate of drug-likeness (QED) is 0.531. The lowest BCUT2D eigenvalue weighted by atomic mass is 10.1. The van der Waals surface area contributed by atoms with Gasteiger partial charge in [-0.25, -0.2) is 18.2 Å². The molecule has 0 unspecified atom stereocenters. The van der Waals surface area contributed by atoms with Crippen molar-refractivity contribution in [3.8, 4) is 5.75 Å². The number of piperazine rings is 1. The van der Waals surface area contributed by atoms with Gasteiger partial charge in [-0.1, -0.05) is 24.3 Å². The minimum Gasteiger partial charge on any atom is -0.494 e. The normalized spacial score (nSPS) is 14.7. The van der Waals surface area contributed by atoms with E-state index in [4.69, 9.17) is 4.74 Å². The number of rotatable bonds is 8. The summed E-state index contributed by atoms with van der Waals surface area (Å²) in [5.41, 5.74) is 2.13. The third-order valence-corrected chi connectivity index (χ3v) is 7.57. The van der Waals surface area contributed by atoms with Crippen LogP contribution < -0.4 is 10.1 Å². The fraction of sp³-hybridized carbons (Fsp3) is 0.333. The Morgan fingerprint density at radius 1 is 1.06 bits per heavy atom. The summed E-state index contributed by atoms with van der Waals surface area (Å²) in [5, 5.41) is 2.94. The van der Waals surface area contributed by atoms with Gasteiger partial charge in [-0.2, -0.15) is 4.31 Å². The van der Waals surface area contributed by atoms with Gasteiger partial charge in [0.1, 0.15) is 5.75 Å². The molecule has 2 aromatic carbocycles. The summed E-state index contributed by atoms with van der Waals surface area (Å²) in [5.74, 6) is 0.634. The molecule has 1 aliphatic heterocycles. The van der Waals surface area contributed by atoms with Crippen LogP contribution in [0.25, 0.3) is 0 Å². The molecule has 3 aromatic rings. The predicted molar refractivity (Wildman–Crippen MR) is 128 cm³/mol. The van der Waals surface area contributed by atoms with Crippen LogP contribution in [-0.2, 0) is 23.1 Å². The minimum absolute atomic E-state index is 0.196. The van der Waals surface area contributed by atoms with Crippen molar-refractivity contribution in [3.05, 3.63) is 78.4 Å². The summed E-state index contributed by atoms with van der Waals surface area (Å²) >= 11 is 0. The van der Waals surface area contributed by atoms with Crippen molar-refractivity contribution in [3.63, 3.8) is 0 Å². The Kier molecular flexibility index (Phi) is 7.49. The Bertz CT molecular complexity index is 1190. The smallest absolute Gasteiger partial charge is 0.317 e. The van der Waals surface area contributed by atoms with Crippen molar-refractivity contribution >= 4 is 16.1 Å². The monoisotopic (exact) mass is 483 g/mol. The molecule has 4 rings (SSSR count). The molecule has 180 valence electrons. The zero-order chi connectivity index (χ0) is 24.0. The molecule has 0 radical (unpaired) electrons. The molecule has 10 heteroatoms. The lowest BCUT2D eigenvalue weighted by molar-refractivity contribution is 0.172. The van der Waals surface area contributed by atoms with Crippen LogP contribution in [0.5, 0.6) is 5.75 Å². The Hall–Kier alpha value is -3.37. The number of aromatic nitrogens is 2. The number of urea groups is 1. The van der Waals surface area contributed by atoms with E-state index in [0.29, 0.717) is 38.5 Å². The first-order valence-electron chi connectivity index (χ1n) is 11.2. The second-order valence-electron chi connectivity index (χ2n) is 8.01. The average Bonchev–Trinajstić information content (AvgIpc) is 3.36. The van der Waals surface area contributed by atoms with Crippen molar-refractivity contribution in [1.82, 2.24) is 24.1 Å². The number of amides is 2. The zero-order valence-corrected chi connectivity index (χ0v) is 19.9. The number of sulfonamides is 1. The van der Waals surface area contributed by atoms with E-state index in [2.05, 4.69) is 16.4 Å². The van der Waals surface area contributed by atoms with Gasteiger partial charge < -0.3 is 19.5 Å². The number of imidazole rings is 1. The Morgan fingerprint density at radius 2 is 1.79 bits per heavy atom. The van der Waals surface area contributed by atoms with Gasteiger partial charge in [-0.05, 0) is 42.3 Å². The number of carbonyl (C=O) groups excluding carboxylic acids is 1. The fourth-order valence-electron chi connectivity index (χ4n) is 3.87. The van der Waals surface area contributed by atoms with Gasteiger partial charge in [0, 0.05) is 51.7 Å². The maximum Gasteiger partial charge on any atom is 0.317 e. The topological polar surface area (TPSA) is 96.8 Å². The van der Waals surface area contributed by atoms with E-state index < -0.39 is 10.0 Å².